The van der Waals surface area contributed by atoms with Gasteiger partial charge in [0.25, 0.3) is 10.0 Å². The molecule has 6 nitrogen and oxygen atoms in total. The lowest BCUT2D eigenvalue weighted by molar-refractivity contribution is -0.144. The smallest absolute Gasteiger partial charge is 0.323 e. The van der Waals surface area contributed by atoms with E-state index in [-0.39, 0.29) is 10.8 Å². The van der Waals surface area contributed by atoms with E-state index in [1.807, 2.05) is 24.1 Å². The SMILES string of the molecule is CC(=O)ONS(=O)(=O)c1cccc(C2CN(C)Cc3c(Cl)cc(Cl)cc32)c1. The second kappa shape index (κ2) is 7.77. The third-order valence-corrected chi connectivity index (χ3v) is 6.09. The Morgan fingerprint density at radius 2 is 2.00 bits per heavy atom. The Morgan fingerprint density at radius 1 is 1.26 bits per heavy atom. The molecule has 1 unspecified atom stereocenters. The number of sulfonamides is 1. The van der Waals surface area contributed by atoms with E-state index in [9.17, 15) is 13.2 Å². The molecule has 144 valence electrons. The number of nitrogens with one attached hydrogen (secondary N) is 1. The zero-order valence-electron chi connectivity index (χ0n) is 14.7. The molecule has 0 radical (unpaired) electrons. The fraction of sp³-hybridized carbons (Fsp3) is 0.278. The zero-order chi connectivity index (χ0) is 19.8. The van der Waals surface area contributed by atoms with Crippen molar-refractivity contribution in [3.05, 3.63) is 63.1 Å². The Kier molecular flexibility index (Phi) is 5.79. The molecule has 0 bridgehead atoms. The lowest BCUT2D eigenvalue weighted by atomic mass is 9.85. The minimum atomic E-state index is -3.98. The van der Waals surface area contributed by atoms with Crippen molar-refractivity contribution in [3.8, 4) is 0 Å². The quantitative estimate of drug-likeness (QED) is 0.755. The number of hydrogen-bond donors (Lipinski definition) is 1. The lowest BCUT2D eigenvalue weighted by Gasteiger charge is -2.33. The van der Waals surface area contributed by atoms with Gasteiger partial charge in [0.1, 0.15) is 0 Å². The van der Waals surface area contributed by atoms with Crippen LogP contribution in [0.25, 0.3) is 0 Å². The Balaban J connectivity index is 2.02. The fourth-order valence-electron chi connectivity index (χ4n) is 3.19. The van der Waals surface area contributed by atoms with Gasteiger partial charge in [0.2, 0.25) is 0 Å². The summed E-state index contributed by atoms with van der Waals surface area (Å²) in [6.45, 7) is 2.49. The number of halogens is 2. The molecule has 0 aliphatic carbocycles. The van der Waals surface area contributed by atoms with E-state index in [0.717, 1.165) is 23.6 Å². The summed E-state index contributed by atoms with van der Waals surface area (Å²) >= 11 is 12.6. The highest BCUT2D eigenvalue weighted by atomic mass is 35.5. The number of hydrogen-bond acceptors (Lipinski definition) is 5. The summed E-state index contributed by atoms with van der Waals surface area (Å²) < 4.78 is 24.7. The van der Waals surface area contributed by atoms with Gasteiger partial charge >= 0.3 is 5.97 Å². The molecule has 3 rings (SSSR count). The van der Waals surface area contributed by atoms with Crippen molar-refractivity contribution in [2.45, 2.75) is 24.3 Å². The van der Waals surface area contributed by atoms with Crippen LogP contribution in [0.5, 0.6) is 0 Å². The molecule has 1 aliphatic heterocycles. The van der Waals surface area contributed by atoms with E-state index < -0.39 is 16.0 Å². The number of likely N-dealkylation sites (N-methyl/N-ethyl adjacent to an activating group) is 1. The maximum absolute atomic E-state index is 12.3. The number of carbonyl (C=O) groups excluding carboxylic acids is 1. The first-order chi connectivity index (χ1) is 12.7. The molecule has 1 N–H and O–H groups in total. The van der Waals surface area contributed by atoms with Gasteiger partial charge in [-0.15, -0.1) is 0 Å². The average Bonchev–Trinajstić information content (AvgIpc) is 2.60. The molecule has 0 saturated heterocycles. The van der Waals surface area contributed by atoms with Crippen LogP contribution in [0.15, 0.2) is 41.3 Å². The van der Waals surface area contributed by atoms with Gasteiger partial charge in [0, 0.05) is 36.0 Å². The molecule has 27 heavy (non-hydrogen) atoms. The monoisotopic (exact) mass is 428 g/mol. The molecule has 0 saturated carbocycles. The summed E-state index contributed by atoms with van der Waals surface area (Å²) in [7, 11) is -2.01. The largest absolute Gasteiger partial charge is 0.356 e. The van der Waals surface area contributed by atoms with Crippen molar-refractivity contribution < 1.29 is 18.0 Å². The van der Waals surface area contributed by atoms with Gasteiger partial charge in [-0.1, -0.05) is 35.3 Å². The summed E-state index contributed by atoms with van der Waals surface area (Å²) in [6.07, 6.45) is 0. The highest BCUT2D eigenvalue weighted by Gasteiger charge is 2.28. The predicted octanol–water partition coefficient (Wildman–Crippen LogP) is 3.33. The van der Waals surface area contributed by atoms with E-state index in [0.29, 0.717) is 23.1 Å². The van der Waals surface area contributed by atoms with Crippen molar-refractivity contribution in [1.82, 2.24) is 9.79 Å². The van der Waals surface area contributed by atoms with E-state index in [1.165, 1.54) is 6.07 Å². The molecule has 1 heterocycles. The van der Waals surface area contributed by atoms with Gasteiger partial charge in [-0.25, -0.2) is 8.42 Å². The van der Waals surface area contributed by atoms with Crippen LogP contribution in [0.1, 0.15) is 29.5 Å². The topological polar surface area (TPSA) is 75.7 Å². The number of nitrogens with zero attached hydrogens (tertiary/aromatic N) is 1. The average molecular weight is 429 g/mol. The maximum Gasteiger partial charge on any atom is 0.323 e. The van der Waals surface area contributed by atoms with Gasteiger partial charge in [-0.05, 0) is 52.9 Å². The highest BCUT2D eigenvalue weighted by molar-refractivity contribution is 7.89. The van der Waals surface area contributed by atoms with Crippen molar-refractivity contribution in [1.29, 1.82) is 0 Å². The zero-order valence-corrected chi connectivity index (χ0v) is 17.0. The predicted molar refractivity (Wildman–Crippen MR) is 103 cm³/mol. The first-order valence-corrected chi connectivity index (χ1v) is 10.4. The molecule has 2 aromatic rings. The standard InChI is InChI=1S/C18H18Cl2N2O4S/c1-11(23)26-21-27(24,25)14-5-3-4-12(6-14)16-9-22(2)10-17-15(16)7-13(19)8-18(17)20/h3-8,16,21H,9-10H2,1-2H3. The van der Waals surface area contributed by atoms with Crippen LogP contribution >= 0.6 is 23.2 Å². The Bertz CT molecular complexity index is 995. The molecule has 1 aliphatic rings. The summed E-state index contributed by atoms with van der Waals surface area (Å²) in [5.41, 5.74) is 2.76. The van der Waals surface area contributed by atoms with Crippen LogP contribution in [0.3, 0.4) is 0 Å². The van der Waals surface area contributed by atoms with Crippen molar-refractivity contribution in [3.63, 3.8) is 0 Å². The minimum Gasteiger partial charge on any atom is -0.356 e. The summed E-state index contributed by atoms with van der Waals surface area (Å²) in [6, 6.07) is 10.1. The van der Waals surface area contributed by atoms with Gasteiger partial charge in [0.15, 0.2) is 0 Å². The van der Waals surface area contributed by atoms with Crippen LogP contribution in [0, 0.1) is 0 Å². The Hall–Kier alpha value is -1.64. The van der Waals surface area contributed by atoms with Crippen molar-refractivity contribution in [2.75, 3.05) is 13.6 Å². The second-order valence-electron chi connectivity index (χ2n) is 6.46. The number of fused-ring (bicyclic) bond motifs is 1. The van der Waals surface area contributed by atoms with Crippen LogP contribution in [-0.4, -0.2) is 32.9 Å². The third kappa shape index (κ3) is 4.44. The molecule has 0 spiro atoms. The summed E-state index contributed by atoms with van der Waals surface area (Å²) in [4.78, 5) is 19.3. The van der Waals surface area contributed by atoms with Crippen LogP contribution in [0.4, 0.5) is 0 Å². The van der Waals surface area contributed by atoms with E-state index in [1.54, 1.807) is 18.2 Å². The van der Waals surface area contributed by atoms with Gasteiger partial charge in [-0.2, -0.15) is 0 Å². The molecule has 0 amide bonds. The second-order valence-corrected chi connectivity index (χ2v) is 8.95. The summed E-state index contributed by atoms with van der Waals surface area (Å²) in [5.74, 6) is -0.847. The van der Waals surface area contributed by atoms with E-state index in [2.05, 4.69) is 9.74 Å². The minimum absolute atomic E-state index is 0.00384. The van der Waals surface area contributed by atoms with Crippen LogP contribution in [0.2, 0.25) is 10.0 Å². The first-order valence-electron chi connectivity index (χ1n) is 8.13. The lowest BCUT2D eigenvalue weighted by Crippen LogP contribution is -2.31. The molecule has 0 aromatic heterocycles. The first kappa shape index (κ1) is 20.1. The fourth-order valence-corrected chi connectivity index (χ4v) is 4.63. The maximum atomic E-state index is 12.3. The molecule has 9 heteroatoms. The Labute approximate surface area is 168 Å². The van der Waals surface area contributed by atoms with Gasteiger partial charge in [0.05, 0.1) is 4.90 Å². The molecule has 1 atom stereocenters. The van der Waals surface area contributed by atoms with Crippen LogP contribution < -0.4 is 4.89 Å². The Morgan fingerprint density at radius 3 is 2.70 bits per heavy atom. The molecular formula is C18H18Cl2N2O4S. The van der Waals surface area contributed by atoms with Crippen molar-refractivity contribution >= 4 is 39.2 Å². The van der Waals surface area contributed by atoms with Gasteiger partial charge < -0.3 is 9.74 Å². The van der Waals surface area contributed by atoms with Gasteiger partial charge in [-0.3, -0.25) is 4.79 Å². The number of benzene rings is 2. The van der Waals surface area contributed by atoms with Crippen LogP contribution in [-0.2, 0) is 26.2 Å². The highest BCUT2D eigenvalue weighted by Crippen LogP contribution is 2.38. The third-order valence-electron chi connectivity index (χ3n) is 4.36. The number of rotatable bonds is 4. The normalized spacial score (nSPS) is 17.4. The van der Waals surface area contributed by atoms with E-state index >= 15 is 0 Å². The molecular weight excluding hydrogens is 411 g/mol. The molecule has 2 aromatic carbocycles. The number of carbonyl (C=O) groups is 1. The van der Waals surface area contributed by atoms with Crippen molar-refractivity contribution in [2.24, 2.45) is 0 Å². The van der Waals surface area contributed by atoms with E-state index in [4.69, 9.17) is 23.2 Å². The molecule has 0 fully saturated rings. The summed E-state index contributed by atoms with van der Waals surface area (Å²) in [5, 5.41) is 1.13.